The van der Waals surface area contributed by atoms with Crippen LogP contribution in [0, 0.1) is 5.92 Å². The van der Waals surface area contributed by atoms with Crippen molar-refractivity contribution in [2.24, 2.45) is 5.92 Å². The van der Waals surface area contributed by atoms with Gasteiger partial charge in [-0.25, -0.2) is 0 Å². The zero-order chi connectivity index (χ0) is 12.0. The van der Waals surface area contributed by atoms with Gasteiger partial charge in [-0.05, 0) is 30.5 Å². The Bertz CT molecular complexity index is 324. The first kappa shape index (κ1) is 13.2. The summed E-state index contributed by atoms with van der Waals surface area (Å²) >= 11 is 5.83. The number of nitrogen functional groups attached to an aromatic ring is 1. The number of nitrogens with one attached hydrogen (secondary N) is 1. The smallest absolute Gasteiger partial charge is 0.0574 e. The van der Waals surface area contributed by atoms with Crippen LogP contribution in [0.25, 0.3) is 0 Å². The van der Waals surface area contributed by atoms with Gasteiger partial charge >= 0.3 is 0 Å². The number of benzene rings is 1. The predicted octanol–water partition coefficient (Wildman–Crippen LogP) is 4.16. The van der Waals surface area contributed by atoms with E-state index in [1.54, 1.807) is 6.07 Å². The van der Waals surface area contributed by atoms with Gasteiger partial charge in [-0.1, -0.05) is 38.3 Å². The van der Waals surface area contributed by atoms with E-state index < -0.39 is 0 Å². The molecule has 0 unspecified atom stereocenters. The van der Waals surface area contributed by atoms with E-state index in [4.69, 9.17) is 17.3 Å². The van der Waals surface area contributed by atoms with E-state index in [0.717, 1.165) is 23.8 Å². The second-order valence-electron chi connectivity index (χ2n) is 4.55. The van der Waals surface area contributed by atoms with Crippen molar-refractivity contribution >= 4 is 23.0 Å². The van der Waals surface area contributed by atoms with Gasteiger partial charge in [0, 0.05) is 11.6 Å². The van der Waals surface area contributed by atoms with Crippen molar-refractivity contribution in [3.63, 3.8) is 0 Å². The van der Waals surface area contributed by atoms with Crippen LogP contribution in [0.15, 0.2) is 18.2 Å². The maximum Gasteiger partial charge on any atom is 0.0574 e. The van der Waals surface area contributed by atoms with Crippen LogP contribution >= 0.6 is 11.6 Å². The van der Waals surface area contributed by atoms with E-state index in [1.807, 2.05) is 12.1 Å². The second-order valence-corrected chi connectivity index (χ2v) is 4.98. The molecule has 90 valence electrons. The standard InChI is InChI=1S/C13H21ClN2/c1-10(2)5-3-4-8-16-13-7-6-11(14)9-12(13)15/h6-7,9-10,16H,3-5,8,15H2,1-2H3. The number of hydrogen-bond acceptors (Lipinski definition) is 2. The molecule has 0 amide bonds. The van der Waals surface area contributed by atoms with Gasteiger partial charge in [-0.2, -0.15) is 0 Å². The summed E-state index contributed by atoms with van der Waals surface area (Å²) < 4.78 is 0. The molecule has 0 bridgehead atoms. The number of hydrogen-bond donors (Lipinski definition) is 2. The third kappa shape index (κ3) is 4.75. The molecule has 0 aromatic heterocycles. The van der Waals surface area contributed by atoms with Crippen LogP contribution in [0.5, 0.6) is 0 Å². The normalized spacial score (nSPS) is 10.8. The largest absolute Gasteiger partial charge is 0.397 e. The molecule has 0 saturated carbocycles. The number of unbranched alkanes of at least 4 members (excludes halogenated alkanes) is 1. The SMILES string of the molecule is CC(C)CCCCNc1ccc(Cl)cc1N. The van der Waals surface area contributed by atoms with Crippen LogP contribution < -0.4 is 11.1 Å². The predicted molar refractivity (Wildman–Crippen MR) is 73.0 cm³/mol. The van der Waals surface area contributed by atoms with Crippen LogP contribution in [0.2, 0.25) is 5.02 Å². The van der Waals surface area contributed by atoms with Gasteiger partial charge in [0.2, 0.25) is 0 Å². The molecular weight excluding hydrogens is 220 g/mol. The Balaban J connectivity index is 2.27. The van der Waals surface area contributed by atoms with E-state index in [2.05, 4.69) is 19.2 Å². The molecule has 1 rings (SSSR count). The van der Waals surface area contributed by atoms with Crippen LogP contribution in [0.3, 0.4) is 0 Å². The maximum atomic E-state index is 5.84. The summed E-state index contributed by atoms with van der Waals surface area (Å²) in [5.74, 6) is 0.792. The van der Waals surface area contributed by atoms with Crippen LogP contribution in [-0.4, -0.2) is 6.54 Å². The molecular formula is C13H21ClN2. The topological polar surface area (TPSA) is 38.0 Å². The fourth-order valence-corrected chi connectivity index (χ4v) is 1.78. The first-order chi connectivity index (χ1) is 7.59. The molecule has 0 radical (unpaired) electrons. The Morgan fingerprint density at radius 1 is 1.31 bits per heavy atom. The minimum absolute atomic E-state index is 0.683. The van der Waals surface area contributed by atoms with E-state index in [9.17, 15) is 0 Å². The third-order valence-electron chi connectivity index (χ3n) is 2.54. The molecule has 0 aliphatic heterocycles. The summed E-state index contributed by atoms with van der Waals surface area (Å²) in [5.41, 5.74) is 7.54. The molecule has 0 aliphatic carbocycles. The summed E-state index contributed by atoms with van der Waals surface area (Å²) in [7, 11) is 0. The van der Waals surface area contributed by atoms with Crippen LogP contribution in [0.4, 0.5) is 11.4 Å². The lowest BCUT2D eigenvalue weighted by atomic mass is 10.1. The quantitative estimate of drug-likeness (QED) is 0.579. The van der Waals surface area contributed by atoms with Gasteiger partial charge < -0.3 is 11.1 Å². The fourth-order valence-electron chi connectivity index (χ4n) is 1.60. The Morgan fingerprint density at radius 3 is 2.69 bits per heavy atom. The van der Waals surface area contributed by atoms with Gasteiger partial charge in [0.05, 0.1) is 11.4 Å². The van der Waals surface area contributed by atoms with Gasteiger partial charge in [0.25, 0.3) is 0 Å². The minimum Gasteiger partial charge on any atom is -0.397 e. The summed E-state index contributed by atoms with van der Waals surface area (Å²) in [6.45, 7) is 5.48. The van der Waals surface area contributed by atoms with E-state index in [0.29, 0.717) is 5.02 Å². The van der Waals surface area contributed by atoms with Crippen molar-refractivity contribution in [2.75, 3.05) is 17.6 Å². The zero-order valence-electron chi connectivity index (χ0n) is 10.1. The van der Waals surface area contributed by atoms with Gasteiger partial charge in [-0.3, -0.25) is 0 Å². The summed E-state index contributed by atoms with van der Waals surface area (Å²) in [6.07, 6.45) is 3.73. The molecule has 0 saturated heterocycles. The molecule has 0 atom stereocenters. The van der Waals surface area contributed by atoms with Gasteiger partial charge in [0.1, 0.15) is 0 Å². The summed E-state index contributed by atoms with van der Waals surface area (Å²) in [5, 5.41) is 4.01. The fraction of sp³-hybridized carbons (Fsp3) is 0.538. The van der Waals surface area contributed by atoms with Crippen molar-refractivity contribution in [3.8, 4) is 0 Å². The van der Waals surface area contributed by atoms with Crippen molar-refractivity contribution in [2.45, 2.75) is 33.1 Å². The Kier molecular flexibility index (Phi) is 5.47. The summed E-state index contributed by atoms with van der Waals surface area (Å²) in [6, 6.07) is 5.56. The third-order valence-corrected chi connectivity index (χ3v) is 2.77. The van der Waals surface area contributed by atoms with Gasteiger partial charge in [-0.15, -0.1) is 0 Å². The van der Waals surface area contributed by atoms with Crippen molar-refractivity contribution in [1.82, 2.24) is 0 Å². The van der Waals surface area contributed by atoms with Crippen molar-refractivity contribution in [3.05, 3.63) is 23.2 Å². The Labute approximate surface area is 103 Å². The summed E-state index contributed by atoms with van der Waals surface area (Å²) in [4.78, 5) is 0. The molecule has 3 heteroatoms. The zero-order valence-corrected chi connectivity index (χ0v) is 10.8. The molecule has 0 heterocycles. The number of anilines is 2. The lowest BCUT2D eigenvalue weighted by Crippen LogP contribution is -2.04. The van der Waals surface area contributed by atoms with E-state index in [-0.39, 0.29) is 0 Å². The molecule has 3 N–H and O–H groups in total. The average molecular weight is 241 g/mol. The van der Waals surface area contributed by atoms with Gasteiger partial charge in [0.15, 0.2) is 0 Å². The van der Waals surface area contributed by atoms with E-state index >= 15 is 0 Å². The Morgan fingerprint density at radius 2 is 2.06 bits per heavy atom. The van der Waals surface area contributed by atoms with Crippen LogP contribution in [-0.2, 0) is 0 Å². The highest BCUT2D eigenvalue weighted by Gasteiger charge is 1.99. The number of halogens is 1. The average Bonchev–Trinajstić information content (AvgIpc) is 2.20. The lowest BCUT2D eigenvalue weighted by molar-refractivity contribution is 0.545. The van der Waals surface area contributed by atoms with Crippen molar-refractivity contribution < 1.29 is 0 Å². The first-order valence-electron chi connectivity index (χ1n) is 5.88. The molecule has 0 aliphatic rings. The van der Waals surface area contributed by atoms with Crippen LogP contribution in [0.1, 0.15) is 33.1 Å². The maximum absolute atomic E-state index is 5.84. The highest BCUT2D eigenvalue weighted by atomic mass is 35.5. The Hall–Kier alpha value is -0.890. The second kappa shape index (κ2) is 6.64. The van der Waals surface area contributed by atoms with E-state index in [1.165, 1.54) is 19.3 Å². The highest BCUT2D eigenvalue weighted by Crippen LogP contribution is 2.22. The molecule has 0 fully saturated rings. The monoisotopic (exact) mass is 240 g/mol. The molecule has 2 nitrogen and oxygen atoms in total. The van der Waals surface area contributed by atoms with Crippen molar-refractivity contribution in [1.29, 1.82) is 0 Å². The number of rotatable bonds is 6. The molecule has 16 heavy (non-hydrogen) atoms. The molecule has 0 spiro atoms. The molecule has 1 aromatic rings. The number of nitrogens with two attached hydrogens (primary N) is 1. The highest BCUT2D eigenvalue weighted by molar-refractivity contribution is 6.31. The minimum atomic E-state index is 0.683. The molecule has 1 aromatic carbocycles. The first-order valence-corrected chi connectivity index (χ1v) is 6.26. The lowest BCUT2D eigenvalue weighted by Gasteiger charge is -2.10.